The summed E-state index contributed by atoms with van der Waals surface area (Å²) < 4.78 is 33.6. The van der Waals surface area contributed by atoms with Crippen molar-refractivity contribution in [2.45, 2.75) is 6.04 Å². The van der Waals surface area contributed by atoms with Crippen molar-refractivity contribution in [1.29, 1.82) is 0 Å². The smallest absolute Gasteiger partial charge is 0.132 e. The Labute approximate surface area is 123 Å². The molecule has 106 valence electrons. The van der Waals surface area contributed by atoms with Crippen LogP contribution in [0, 0.1) is 11.6 Å². The zero-order valence-corrected chi connectivity index (χ0v) is 12.2. The Kier molecular flexibility index (Phi) is 4.69. The molecule has 0 amide bonds. The second-order valence-electron chi connectivity index (χ2n) is 4.15. The van der Waals surface area contributed by atoms with Gasteiger partial charge in [-0.25, -0.2) is 14.2 Å². The third-order valence-electron chi connectivity index (χ3n) is 2.95. The van der Waals surface area contributed by atoms with Crippen molar-refractivity contribution in [2.24, 2.45) is 5.84 Å². The van der Waals surface area contributed by atoms with Crippen molar-refractivity contribution in [3.05, 3.63) is 63.6 Å². The molecule has 1 unspecified atom stereocenters. The van der Waals surface area contributed by atoms with Crippen LogP contribution in [0.15, 0.2) is 40.9 Å². The molecule has 20 heavy (non-hydrogen) atoms. The molecular formula is C14H13BrF2N2O. The fourth-order valence-electron chi connectivity index (χ4n) is 1.95. The average molecular weight is 343 g/mol. The summed E-state index contributed by atoms with van der Waals surface area (Å²) in [6.45, 7) is 0. The molecule has 0 aliphatic heterocycles. The summed E-state index contributed by atoms with van der Waals surface area (Å²) in [5.74, 6) is 4.86. The van der Waals surface area contributed by atoms with Crippen LogP contribution < -0.4 is 16.0 Å². The van der Waals surface area contributed by atoms with Gasteiger partial charge in [-0.2, -0.15) is 0 Å². The highest BCUT2D eigenvalue weighted by Crippen LogP contribution is 2.29. The monoisotopic (exact) mass is 342 g/mol. The van der Waals surface area contributed by atoms with Gasteiger partial charge in [-0.05, 0) is 24.3 Å². The Hall–Kier alpha value is -1.50. The summed E-state index contributed by atoms with van der Waals surface area (Å²) in [5, 5.41) is 0. The fourth-order valence-corrected chi connectivity index (χ4v) is 2.33. The zero-order chi connectivity index (χ0) is 14.7. The van der Waals surface area contributed by atoms with E-state index in [1.807, 2.05) is 0 Å². The fraction of sp³-hybridized carbons (Fsp3) is 0.143. The molecule has 0 heterocycles. The van der Waals surface area contributed by atoms with Gasteiger partial charge in [0.1, 0.15) is 17.4 Å². The summed E-state index contributed by atoms with van der Waals surface area (Å²) in [5.41, 5.74) is 2.94. The van der Waals surface area contributed by atoms with E-state index < -0.39 is 17.7 Å². The van der Waals surface area contributed by atoms with E-state index in [-0.39, 0.29) is 11.1 Å². The van der Waals surface area contributed by atoms with Gasteiger partial charge < -0.3 is 4.74 Å². The summed E-state index contributed by atoms with van der Waals surface area (Å²) in [4.78, 5) is 0. The number of nitrogens with one attached hydrogen (secondary N) is 1. The van der Waals surface area contributed by atoms with Crippen LogP contribution >= 0.6 is 15.9 Å². The lowest BCUT2D eigenvalue weighted by Crippen LogP contribution is -2.30. The Bertz CT molecular complexity index is 622. The third kappa shape index (κ3) is 2.98. The quantitative estimate of drug-likeness (QED) is 0.662. The second kappa shape index (κ2) is 6.30. The van der Waals surface area contributed by atoms with Crippen LogP contribution in [0.25, 0.3) is 0 Å². The van der Waals surface area contributed by atoms with Crippen molar-refractivity contribution < 1.29 is 13.5 Å². The molecule has 0 saturated carbocycles. The first-order chi connectivity index (χ1) is 9.56. The molecule has 0 aliphatic carbocycles. The summed E-state index contributed by atoms with van der Waals surface area (Å²) >= 11 is 3.26. The normalized spacial score (nSPS) is 12.2. The summed E-state index contributed by atoms with van der Waals surface area (Å²) in [7, 11) is 1.45. The van der Waals surface area contributed by atoms with E-state index in [0.29, 0.717) is 10.2 Å². The minimum absolute atomic E-state index is 0.241. The second-order valence-corrected chi connectivity index (χ2v) is 5.07. The molecule has 0 aromatic heterocycles. The van der Waals surface area contributed by atoms with Gasteiger partial charge in [0.2, 0.25) is 0 Å². The maximum absolute atomic E-state index is 14.1. The number of halogens is 3. The van der Waals surface area contributed by atoms with E-state index >= 15 is 0 Å². The molecule has 2 aromatic rings. The zero-order valence-electron chi connectivity index (χ0n) is 10.7. The van der Waals surface area contributed by atoms with Crippen molar-refractivity contribution in [1.82, 2.24) is 5.43 Å². The molecular weight excluding hydrogens is 330 g/mol. The first-order valence-corrected chi connectivity index (χ1v) is 6.60. The molecule has 3 nitrogen and oxygen atoms in total. The molecule has 0 saturated heterocycles. The van der Waals surface area contributed by atoms with Crippen molar-refractivity contribution in [3.63, 3.8) is 0 Å². The van der Waals surface area contributed by atoms with E-state index in [0.717, 1.165) is 0 Å². The van der Waals surface area contributed by atoms with Gasteiger partial charge in [-0.1, -0.05) is 22.0 Å². The molecule has 0 spiro atoms. The molecule has 0 radical (unpaired) electrons. The van der Waals surface area contributed by atoms with E-state index in [2.05, 4.69) is 21.4 Å². The summed E-state index contributed by atoms with van der Waals surface area (Å²) in [6, 6.07) is 7.97. The highest BCUT2D eigenvalue weighted by Gasteiger charge is 2.20. The lowest BCUT2D eigenvalue weighted by molar-refractivity contribution is 0.410. The first-order valence-electron chi connectivity index (χ1n) is 5.81. The Morgan fingerprint density at radius 2 is 1.85 bits per heavy atom. The molecule has 0 bridgehead atoms. The van der Waals surface area contributed by atoms with Crippen LogP contribution in [-0.2, 0) is 0 Å². The Morgan fingerprint density at radius 1 is 1.10 bits per heavy atom. The number of nitrogens with two attached hydrogens (primary N) is 1. The van der Waals surface area contributed by atoms with Crippen LogP contribution in [0.5, 0.6) is 5.75 Å². The average Bonchev–Trinajstić information content (AvgIpc) is 2.44. The maximum atomic E-state index is 14.1. The predicted octanol–water partition coefficient (Wildman–Crippen LogP) is 3.29. The molecule has 6 heteroatoms. The van der Waals surface area contributed by atoms with Crippen LogP contribution in [0.4, 0.5) is 8.78 Å². The number of hydrogen-bond acceptors (Lipinski definition) is 3. The van der Waals surface area contributed by atoms with Crippen LogP contribution in [0.2, 0.25) is 0 Å². The largest absolute Gasteiger partial charge is 0.497 e. The van der Waals surface area contributed by atoms with E-state index in [1.54, 1.807) is 18.2 Å². The van der Waals surface area contributed by atoms with Gasteiger partial charge in [0.25, 0.3) is 0 Å². The molecule has 0 fully saturated rings. The topological polar surface area (TPSA) is 47.3 Å². The highest BCUT2D eigenvalue weighted by atomic mass is 79.9. The highest BCUT2D eigenvalue weighted by molar-refractivity contribution is 9.10. The SMILES string of the molecule is COc1ccc(C(NN)c2cc(Br)ccc2F)c(F)c1. The van der Waals surface area contributed by atoms with Crippen molar-refractivity contribution in [2.75, 3.05) is 7.11 Å². The maximum Gasteiger partial charge on any atom is 0.132 e. The number of benzene rings is 2. The number of rotatable bonds is 4. The van der Waals surface area contributed by atoms with Crippen LogP contribution in [0.1, 0.15) is 17.2 Å². The van der Waals surface area contributed by atoms with Gasteiger partial charge >= 0.3 is 0 Å². The number of ether oxygens (including phenoxy) is 1. The van der Waals surface area contributed by atoms with Gasteiger partial charge in [0.15, 0.2) is 0 Å². The third-order valence-corrected chi connectivity index (χ3v) is 3.45. The van der Waals surface area contributed by atoms with Crippen molar-refractivity contribution >= 4 is 15.9 Å². The molecule has 1 atom stereocenters. The van der Waals surface area contributed by atoms with Crippen molar-refractivity contribution in [3.8, 4) is 5.75 Å². The van der Waals surface area contributed by atoms with Gasteiger partial charge in [0, 0.05) is 21.7 Å². The van der Waals surface area contributed by atoms with Gasteiger partial charge in [-0.3, -0.25) is 5.84 Å². The number of hydrogen-bond donors (Lipinski definition) is 2. The summed E-state index contributed by atoms with van der Waals surface area (Å²) in [6.07, 6.45) is 0. The van der Waals surface area contributed by atoms with Gasteiger partial charge in [0.05, 0.1) is 13.2 Å². The van der Waals surface area contributed by atoms with Gasteiger partial charge in [-0.15, -0.1) is 0 Å². The lowest BCUT2D eigenvalue weighted by atomic mass is 9.98. The molecule has 2 aromatic carbocycles. The number of methoxy groups -OCH3 is 1. The van der Waals surface area contributed by atoms with Crippen LogP contribution in [-0.4, -0.2) is 7.11 Å². The minimum atomic E-state index is -0.793. The Morgan fingerprint density at radius 3 is 2.45 bits per heavy atom. The molecule has 0 aliphatic rings. The minimum Gasteiger partial charge on any atom is -0.497 e. The van der Waals surface area contributed by atoms with E-state index in [9.17, 15) is 8.78 Å². The molecule has 2 rings (SSSR count). The number of hydrazine groups is 1. The van der Waals surface area contributed by atoms with E-state index in [4.69, 9.17) is 10.6 Å². The van der Waals surface area contributed by atoms with E-state index in [1.165, 1.54) is 25.3 Å². The predicted molar refractivity (Wildman–Crippen MR) is 76.2 cm³/mol. The standard InChI is InChI=1S/C14H13BrF2N2O/c1-20-9-3-4-10(13(17)7-9)14(19-18)11-6-8(15)2-5-12(11)16/h2-7,14,19H,18H2,1H3. The first kappa shape index (κ1) is 14.9. The lowest BCUT2D eigenvalue weighted by Gasteiger charge is -2.19. The van der Waals surface area contributed by atoms with Crippen LogP contribution in [0.3, 0.4) is 0 Å². The molecule has 3 N–H and O–H groups in total. The Balaban J connectivity index is 2.49.